The van der Waals surface area contributed by atoms with Crippen molar-refractivity contribution in [2.45, 2.75) is 213 Å². The van der Waals surface area contributed by atoms with Crippen LogP contribution in [-0.4, -0.2) is 220 Å². The Bertz CT molecular complexity index is 1650. The molecule has 0 spiro atoms. The van der Waals surface area contributed by atoms with Crippen LogP contribution >= 0.6 is 0 Å². The first-order valence-electron chi connectivity index (χ1n) is 23.6. The van der Waals surface area contributed by atoms with Crippen LogP contribution in [0.15, 0.2) is 0 Å². The first-order valence-corrected chi connectivity index (χ1v) is 23.6. The Kier molecular flexibility index (Phi) is 23.9. The maximum Gasteiger partial charge on any atom is 0.364 e. The molecule has 0 bridgehead atoms. The van der Waals surface area contributed by atoms with E-state index in [-0.39, 0.29) is 13.0 Å². The average Bonchev–Trinajstić information content (AvgIpc) is 3.29. The molecule has 26 heteroatoms. The smallest absolute Gasteiger partial charge is 0.364 e. The van der Waals surface area contributed by atoms with Crippen LogP contribution in [0.1, 0.15) is 111 Å². The van der Waals surface area contributed by atoms with Gasteiger partial charge in [-0.1, -0.05) is 71.6 Å². The van der Waals surface area contributed by atoms with Gasteiger partial charge in [0.25, 0.3) is 17.4 Å². The van der Waals surface area contributed by atoms with E-state index in [1.54, 1.807) is 0 Å². The molecule has 3 fully saturated rings. The third-order valence-corrected chi connectivity index (χ3v) is 12.7. The van der Waals surface area contributed by atoms with Gasteiger partial charge < -0.3 is 107 Å². The maximum atomic E-state index is 13.1. The van der Waals surface area contributed by atoms with Crippen LogP contribution in [0.4, 0.5) is 0 Å². The Labute approximate surface area is 399 Å². The van der Waals surface area contributed by atoms with Crippen molar-refractivity contribution < 1.29 is 109 Å². The second-order valence-electron chi connectivity index (χ2n) is 18.1. The highest BCUT2D eigenvalue weighted by Gasteiger charge is 2.61. The molecule has 3 aliphatic heterocycles. The number of ether oxygens (including phenoxy) is 5. The Morgan fingerprint density at radius 3 is 1.57 bits per heavy atom. The number of aliphatic hydroxyl groups excluding tert-OH is 8. The van der Waals surface area contributed by atoms with E-state index in [2.05, 4.69) is 22.9 Å². The Morgan fingerprint density at radius 1 is 0.652 bits per heavy atom. The van der Waals surface area contributed by atoms with Crippen molar-refractivity contribution in [2.24, 2.45) is 5.73 Å². The number of nitrogens with two attached hydrogens (primary N) is 1. The molecule has 3 rings (SSSR count). The lowest BCUT2D eigenvalue weighted by Crippen LogP contribution is -2.71. The molecule has 17 atom stereocenters. The molecule has 0 aliphatic carbocycles. The van der Waals surface area contributed by atoms with Crippen LogP contribution in [0.25, 0.3) is 0 Å². The highest BCUT2D eigenvalue weighted by molar-refractivity contribution is 5.78. The van der Waals surface area contributed by atoms with Crippen molar-refractivity contribution >= 4 is 29.7 Å². The molecule has 26 nitrogen and oxygen atoms in total. The number of unbranched alkanes of at least 4 members (excludes halogenated alkanes) is 9. The molecule has 0 radical (unpaired) electrons. The molecule has 400 valence electrons. The van der Waals surface area contributed by atoms with E-state index in [0.717, 1.165) is 39.0 Å². The zero-order chi connectivity index (χ0) is 51.9. The molecule has 0 aromatic carbocycles. The van der Waals surface area contributed by atoms with E-state index >= 15 is 0 Å². The minimum Gasteiger partial charge on any atom is -0.477 e. The second kappa shape index (κ2) is 27.5. The number of amides is 2. The van der Waals surface area contributed by atoms with Crippen LogP contribution < -0.4 is 21.7 Å². The molecule has 3 saturated heterocycles. The molecular weight excluding hydrogens is 924 g/mol. The SMILES string of the molecule is CCCCCCCCCCCCNCC(O)C1OC(OC(CO)C(O)C2OC(OC(CO)C(O)C3OC(O)(C(=O)O)CC(O)C3N)(C(=O)O)CC(O)C2NC(=O)CC)(C(=O)O)CC(O)C1NC(C)=O. The van der Waals surface area contributed by atoms with Crippen LogP contribution in [-0.2, 0) is 47.7 Å². The van der Waals surface area contributed by atoms with Gasteiger partial charge in [0.1, 0.15) is 42.7 Å². The normalized spacial score (nSPS) is 33.9. The summed E-state index contributed by atoms with van der Waals surface area (Å²) in [6.07, 6.45) is -15.3. The number of carboxylic acids is 3. The predicted octanol–water partition coefficient (Wildman–Crippen LogP) is -4.15. The molecule has 0 aromatic rings. The molecule has 17 unspecified atom stereocenters. The monoisotopic (exact) mass is 1000 g/mol. The van der Waals surface area contributed by atoms with Gasteiger partial charge in [-0.25, -0.2) is 14.4 Å². The zero-order valence-electron chi connectivity index (χ0n) is 39.3. The van der Waals surface area contributed by atoms with Gasteiger partial charge in [-0.3, -0.25) is 9.59 Å². The van der Waals surface area contributed by atoms with E-state index in [4.69, 9.17) is 29.4 Å². The number of carboxylic acid groups (broad SMARTS) is 3. The van der Waals surface area contributed by atoms with E-state index in [1.165, 1.54) is 39.0 Å². The van der Waals surface area contributed by atoms with Crippen LogP contribution in [0.5, 0.6) is 0 Å². The second-order valence-corrected chi connectivity index (χ2v) is 18.1. The summed E-state index contributed by atoms with van der Waals surface area (Å²) in [7, 11) is 0. The van der Waals surface area contributed by atoms with Gasteiger partial charge in [0.05, 0.1) is 55.8 Å². The van der Waals surface area contributed by atoms with Gasteiger partial charge in [0, 0.05) is 39.2 Å². The lowest BCUT2D eigenvalue weighted by Gasteiger charge is -2.50. The van der Waals surface area contributed by atoms with E-state index in [9.17, 15) is 85.3 Å². The molecule has 0 saturated carbocycles. The number of nitrogens with one attached hydrogen (secondary N) is 3. The standard InChI is InChI=1S/C43H76N4O22/c1-4-6-7-8-9-10-11-12-13-14-15-45-19-26(54)35-31(46-22(3)50)24(52)17-42(68-35,39(60)61)66-28(21-49)34(57)37-32(47-29(55)5-2)25(53)18-43(69-37,40(62)63)65-27(20-48)33(56)36-30(44)23(51)16-41(64,67-36)38(58)59/h23-28,30-37,45,48-49,51-54,56-57,64H,4-21,44H2,1-3H3,(H,46,50)(H,47,55)(H,58,59)(H,60,61)(H,62,63). The van der Waals surface area contributed by atoms with Crippen LogP contribution in [0.2, 0.25) is 0 Å². The maximum absolute atomic E-state index is 13.1. The quantitative estimate of drug-likeness (QED) is 0.0304. The Balaban J connectivity index is 1.91. The molecule has 2 amide bonds. The van der Waals surface area contributed by atoms with Gasteiger partial charge in [0.15, 0.2) is 0 Å². The summed E-state index contributed by atoms with van der Waals surface area (Å²) in [5, 5.41) is 138. The Hall–Kier alpha value is -3.29. The lowest BCUT2D eigenvalue weighted by atomic mass is 9.87. The number of rotatable bonds is 30. The van der Waals surface area contributed by atoms with Gasteiger partial charge in [-0.05, 0) is 13.0 Å². The number of hydrogen-bond donors (Lipinski definition) is 16. The van der Waals surface area contributed by atoms with E-state index in [1.807, 2.05) is 0 Å². The molecule has 69 heavy (non-hydrogen) atoms. The third kappa shape index (κ3) is 15.8. The average molecular weight is 1000 g/mol. The van der Waals surface area contributed by atoms with Gasteiger partial charge in [-0.15, -0.1) is 0 Å². The van der Waals surface area contributed by atoms with Crippen molar-refractivity contribution in [1.82, 2.24) is 16.0 Å². The summed E-state index contributed by atoms with van der Waals surface area (Å²) < 4.78 is 28.1. The van der Waals surface area contributed by atoms with Crippen LogP contribution in [0.3, 0.4) is 0 Å². The van der Waals surface area contributed by atoms with Gasteiger partial charge in [0.2, 0.25) is 11.8 Å². The first kappa shape index (κ1) is 60.0. The minimum atomic E-state index is -3.25. The van der Waals surface area contributed by atoms with Crippen molar-refractivity contribution in [3.05, 3.63) is 0 Å². The highest BCUT2D eigenvalue weighted by atomic mass is 16.8. The summed E-state index contributed by atoms with van der Waals surface area (Å²) in [6, 6.07) is -4.91. The number of aliphatic carboxylic acids is 3. The largest absolute Gasteiger partial charge is 0.477 e. The summed E-state index contributed by atoms with van der Waals surface area (Å²) in [5.41, 5.74) is 5.93. The van der Waals surface area contributed by atoms with Crippen molar-refractivity contribution in [3.63, 3.8) is 0 Å². The first-order chi connectivity index (χ1) is 32.5. The van der Waals surface area contributed by atoms with Crippen molar-refractivity contribution in [2.75, 3.05) is 26.3 Å². The fourth-order valence-corrected chi connectivity index (χ4v) is 8.80. The van der Waals surface area contributed by atoms with E-state index < -0.39 is 165 Å². The molecule has 3 aliphatic rings. The zero-order valence-corrected chi connectivity index (χ0v) is 39.3. The summed E-state index contributed by atoms with van der Waals surface area (Å²) in [6.45, 7) is 2.20. The predicted molar refractivity (Wildman–Crippen MR) is 234 cm³/mol. The lowest BCUT2D eigenvalue weighted by molar-refractivity contribution is -0.354. The summed E-state index contributed by atoms with van der Waals surface area (Å²) >= 11 is 0. The number of aliphatic hydroxyl groups is 9. The highest BCUT2D eigenvalue weighted by Crippen LogP contribution is 2.39. The van der Waals surface area contributed by atoms with Crippen LogP contribution in [0, 0.1) is 0 Å². The molecule has 17 N–H and O–H groups in total. The Morgan fingerprint density at radius 2 is 1.12 bits per heavy atom. The van der Waals surface area contributed by atoms with Gasteiger partial charge in [-0.2, -0.15) is 0 Å². The third-order valence-electron chi connectivity index (χ3n) is 12.7. The molecule has 3 heterocycles. The molecule has 0 aromatic heterocycles. The number of hydrogen-bond acceptors (Lipinski definition) is 21. The van der Waals surface area contributed by atoms with Gasteiger partial charge >= 0.3 is 17.9 Å². The number of carbonyl (C=O) groups is 5. The fraction of sp³-hybridized carbons (Fsp3) is 0.884. The minimum absolute atomic E-state index is 0.222. The molecular formula is C43H76N4O22. The summed E-state index contributed by atoms with van der Waals surface area (Å²) in [5.74, 6) is -17.0. The van der Waals surface area contributed by atoms with E-state index in [0.29, 0.717) is 6.54 Å². The fourth-order valence-electron chi connectivity index (χ4n) is 8.80. The van der Waals surface area contributed by atoms with Crippen molar-refractivity contribution in [3.8, 4) is 0 Å². The summed E-state index contributed by atoms with van der Waals surface area (Å²) in [4.78, 5) is 63.0. The number of carbonyl (C=O) groups excluding carboxylic acids is 2. The van der Waals surface area contributed by atoms with Crippen molar-refractivity contribution in [1.29, 1.82) is 0 Å². The topological polar surface area (TPSA) is 436 Å².